The Morgan fingerprint density at radius 2 is 2.11 bits per heavy atom. The summed E-state index contributed by atoms with van der Waals surface area (Å²) in [6.45, 7) is 6.16. The predicted octanol–water partition coefficient (Wildman–Crippen LogP) is 2.96. The number of benzene rings is 1. The number of rotatable bonds is 4. The fourth-order valence-corrected chi connectivity index (χ4v) is 3.01. The van der Waals surface area contributed by atoms with Gasteiger partial charge in [-0.3, -0.25) is 4.90 Å². The van der Waals surface area contributed by atoms with Crippen molar-refractivity contribution in [2.24, 2.45) is 5.92 Å². The second-order valence-electron chi connectivity index (χ2n) is 5.63. The van der Waals surface area contributed by atoms with Crippen LogP contribution < -0.4 is 5.32 Å². The van der Waals surface area contributed by atoms with Crippen molar-refractivity contribution in [1.82, 2.24) is 10.2 Å². The van der Waals surface area contributed by atoms with E-state index in [0.29, 0.717) is 24.1 Å². The highest BCUT2D eigenvalue weighted by molar-refractivity contribution is 5.23. The molecule has 1 aliphatic heterocycles. The Kier molecular flexibility index (Phi) is 4.53. The van der Waals surface area contributed by atoms with E-state index in [2.05, 4.69) is 24.1 Å². The highest BCUT2D eigenvalue weighted by Gasteiger charge is 2.29. The molecule has 0 saturated carbocycles. The van der Waals surface area contributed by atoms with Gasteiger partial charge >= 0.3 is 0 Å². The van der Waals surface area contributed by atoms with Crippen LogP contribution in [0.4, 0.5) is 8.78 Å². The summed E-state index contributed by atoms with van der Waals surface area (Å²) in [7, 11) is 1.79. The summed E-state index contributed by atoms with van der Waals surface area (Å²) in [5, 5.41) is 3.10. The van der Waals surface area contributed by atoms with Gasteiger partial charge in [0.2, 0.25) is 0 Å². The molecule has 0 bridgehead atoms. The zero-order valence-electron chi connectivity index (χ0n) is 11.8. The molecule has 0 radical (unpaired) electrons. The van der Waals surface area contributed by atoms with Crippen LogP contribution in [0.1, 0.15) is 31.9 Å². The number of halogens is 2. The minimum atomic E-state index is -0.777. The lowest BCUT2D eigenvalue weighted by Gasteiger charge is -2.27. The lowest BCUT2D eigenvalue weighted by Crippen LogP contribution is -2.36. The first-order chi connectivity index (χ1) is 9.02. The normalized spacial score (nSPS) is 25.7. The summed E-state index contributed by atoms with van der Waals surface area (Å²) < 4.78 is 27.2. The maximum Gasteiger partial charge on any atom is 0.163 e. The van der Waals surface area contributed by atoms with E-state index >= 15 is 0 Å². The average molecular weight is 268 g/mol. The van der Waals surface area contributed by atoms with E-state index in [1.54, 1.807) is 19.2 Å². The molecule has 106 valence electrons. The van der Waals surface area contributed by atoms with Crippen molar-refractivity contribution in [2.45, 2.75) is 32.4 Å². The molecule has 1 N–H and O–H groups in total. The van der Waals surface area contributed by atoms with Crippen LogP contribution in [0.15, 0.2) is 18.2 Å². The zero-order chi connectivity index (χ0) is 14.0. The summed E-state index contributed by atoms with van der Waals surface area (Å²) in [6, 6.07) is 4.70. The Hall–Kier alpha value is -1.00. The first-order valence-electron chi connectivity index (χ1n) is 6.88. The van der Waals surface area contributed by atoms with Crippen molar-refractivity contribution in [3.05, 3.63) is 35.4 Å². The van der Waals surface area contributed by atoms with Crippen LogP contribution in [0.25, 0.3) is 0 Å². The quantitative estimate of drug-likeness (QED) is 0.903. The first kappa shape index (κ1) is 14.4. The van der Waals surface area contributed by atoms with Crippen molar-refractivity contribution in [3.63, 3.8) is 0 Å². The molecule has 0 aliphatic carbocycles. The van der Waals surface area contributed by atoms with E-state index < -0.39 is 11.6 Å². The molecule has 3 atom stereocenters. The molecule has 1 saturated heterocycles. The van der Waals surface area contributed by atoms with Gasteiger partial charge < -0.3 is 5.32 Å². The molecule has 1 aliphatic rings. The average Bonchev–Trinajstić information content (AvgIpc) is 2.68. The summed E-state index contributed by atoms with van der Waals surface area (Å²) in [6.07, 6.45) is 1.17. The van der Waals surface area contributed by atoms with Gasteiger partial charge in [-0.1, -0.05) is 19.1 Å². The number of likely N-dealkylation sites (N-methyl/N-ethyl adjacent to an activating group) is 1. The molecule has 4 heteroatoms. The van der Waals surface area contributed by atoms with Gasteiger partial charge in [0.25, 0.3) is 0 Å². The molecular formula is C15H22F2N2. The van der Waals surface area contributed by atoms with E-state index in [1.807, 2.05) is 0 Å². The topological polar surface area (TPSA) is 15.3 Å². The van der Waals surface area contributed by atoms with Gasteiger partial charge in [-0.15, -0.1) is 0 Å². The van der Waals surface area contributed by atoms with Crippen molar-refractivity contribution in [2.75, 3.05) is 20.1 Å². The minimum absolute atomic E-state index is 0.177. The van der Waals surface area contributed by atoms with Crippen molar-refractivity contribution in [3.8, 4) is 0 Å². The van der Waals surface area contributed by atoms with Crippen LogP contribution in [-0.4, -0.2) is 31.1 Å². The largest absolute Gasteiger partial charge is 0.312 e. The first-order valence-corrected chi connectivity index (χ1v) is 6.88. The third-order valence-electron chi connectivity index (χ3n) is 4.04. The number of likely N-dealkylation sites (tertiary alicyclic amines) is 1. The molecule has 1 heterocycles. The van der Waals surface area contributed by atoms with Crippen LogP contribution in [0.2, 0.25) is 0 Å². The minimum Gasteiger partial charge on any atom is -0.312 e. The Labute approximate surface area is 113 Å². The SMILES string of the molecule is CNC(CN1CC(C)CC1C)c1cccc(F)c1F. The highest BCUT2D eigenvalue weighted by Crippen LogP contribution is 2.26. The summed E-state index contributed by atoms with van der Waals surface area (Å²) >= 11 is 0. The van der Waals surface area contributed by atoms with Gasteiger partial charge in [0.1, 0.15) is 0 Å². The standard InChI is InChI=1S/C15H22F2N2/c1-10-7-11(2)19(8-10)9-14(18-3)12-5-4-6-13(16)15(12)17/h4-6,10-11,14,18H,7-9H2,1-3H3. The van der Waals surface area contributed by atoms with Crippen LogP contribution in [0, 0.1) is 17.6 Å². The summed E-state index contributed by atoms with van der Waals surface area (Å²) in [5.41, 5.74) is 0.411. The lowest BCUT2D eigenvalue weighted by atomic mass is 10.1. The van der Waals surface area contributed by atoms with Crippen molar-refractivity contribution >= 4 is 0 Å². The Morgan fingerprint density at radius 1 is 1.37 bits per heavy atom. The summed E-state index contributed by atoms with van der Waals surface area (Å²) in [4.78, 5) is 2.34. The third-order valence-corrected chi connectivity index (χ3v) is 4.04. The molecule has 1 aromatic carbocycles. The number of nitrogens with zero attached hydrogens (tertiary/aromatic N) is 1. The van der Waals surface area contributed by atoms with Gasteiger partial charge in [0, 0.05) is 30.7 Å². The van der Waals surface area contributed by atoms with E-state index in [0.717, 1.165) is 12.6 Å². The molecule has 0 spiro atoms. The van der Waals surface area contributed by atoms with Crippen molar-refractivity contribution < 1.29 is 8.78 Å². The molecular weight excluding hydrogens is 246 g/mol. The molecule has 1 fully saturated rings. The maximum atomic E-state index is 13.9. The fraction of sp³-hybridized carbons (Fsp3) is 0.600. The zero-order valence-corrected chi connectivity index (χ0v) is 11.8. The highest BCUT2D eigenvalue weighted by atomic mass is 19.2. The Bertz CT molecular complexity index is 436. The Morgan fingerprint density at radius 3 is 2.68 bits per heavy atom. The van der Waals surface area contributed by atoms with Crippen LogP contribution in [-0.2, 0) is 0 Å². The van der Waals surface area contributed by atoms with Gasteiger partial charge in [-0.25, -0.2) is 8.78 Å². The molecule has 2 nitrogen and oxygen atoms in total. The van der Waals surface area contributed by atoms with Gasteiger partial charge in [0.15, 0.2) is 11.6 Å². The summed E-state index contributed by atoms with van der Waals surface area (Å²) in [5.74, 6) is -0.841. The van der Waals surface area contributed by atoms with E-state index in [4.69, 9.17) is 0 Å². The van der Waals surface area contributed by atoms with E-state index in [1.165, 1.54) is 6.42 Å². The van der Waals surface area contributed by atoms with Crippen LogP contribution in [0.3, 0.4) is 0 Å². The van der Waals surface area contributed by atoms with Gasteiger partial charge in [0.05, 0.1) is 0 Å². The number of hydrogen-bond donors (Lipinski definition) is 1. The van der Waals surface area contributed by atoms with Gasteiger partial charge in [-0.05, 0) is 32.4 Å². The van der Waals surface area contributed by atoms with E-state index in [-0.39, 0.29) is 6.04 Å². The van der Waals surface area contributed by atoms with Crippen LogP contribution in [0.5, 0.6) is 0 Å². The molecule has 2 rings (SSSR count). The third kappa shape index (κ3) is 3.12. The van der Waals surface area contributed by atoms with Crippen LogP contribution >= 0.6 is 0 Å². The second-order valence-corrected chi connectivity index (χ2v) is 5.63. The maximum absolute atomic E-state index is 13.9. The molecule has 1 aromatic rings. The molecule has 19 heavy (non-hydrogen) atoms. The smallest absolute Gasteiger partial charge is 0.163 e. The number of nitrogens with one attached hydrogen (secondary N) is 1. The Balaban J connectivity index is 2.14. The van der Waals surface area contributed by atoms with Crippen molar-refractivity contribution in [1.29, 1.82) is 0 Å². The monoisotopic (exact) mass is 268 g/mol. The predicted molar refractivity (Wildman–Crippen MR) is 73.0 cm³/mol. The second kappa shape index (κ2) is 5.97. The van der Waals surface area contributed by atoms with Gasteiger partial charge in [-0.2, -0.15) is 0 Å². The molecule has 0 aromatic heterocycles. The molecule has 0 amide bonds. The molecule has 3 unspecified atom stereocenters. The lowest BCUT2D eigenvalue weighted by molar-refractivity contribution is 0.235. The fourth-order valence-electron chi connectivity index (χ4n) is 3.01. The van der Waals surface area contributed by atoms with E-state index in [9.17, 15) is 8.78 Å². The number of hydrogen-bond acceptors (Lipinski definition) is 2.